The maximum Gasteiger partial charge on any atom is 0.265 e. The van der Waals surface area contributed by atoms with E-state index in [1.807, 2.05) is 23.6 Å². The monoisotopic (exact) mass is 371 g/mol. The number of amides is 2. The zero-order chi connectivity index (χ0) is 17.6. The van der Waals surface area contributed by atoms with Crippen molar-refractivity contribution in [3.05, 3.63) is 81.3 Å². The van der Waals surface area contributed by atoms with E-state index in [4.69, 9.17) is 11.6 Å². The lowest BCUT2D eigenvalue weighted by Crippen LogP contribution is -2.23. The van der Waals surface area contributed by atoms with Crippen LogP contribution in [0.25, 0.3) is 0 Å². The second kappa shape index (κ2) is 7.92. The third-order valence-electron chi connectivity index (χ3n) is 3.38. The molecule has 0 aliphatic carbocycles. The van der Waals surface area contributed by atoms with Crippen molar-refractivity contribution in [3.63, 3.8) is 0 Å². The maximum atomic E-state index is 12.3. The minimum atomic E-state index is -0.269. The lowest BCUT2D eigenvalue weighted by atomic mass is 10.2. The van der Waals surface area contributed by atoms with Gasteiger partial charge in [-0.05, 0) is 41.8 Å². The van der Waals surface area contributed by atoms with Crippen LogP contribution in [0.5, 0.6) is 0 Å². The molecule has 0 aliphatic heterocycles. The van der Waals surface area contributed by atoms with E-state index < -0.39 is 0 Å². The highest BCUT2D eigenvalue weighted by atomic mass is 35.5. The summed E-state index contributed by atoms with van der Waals surface area (Å²) >= 11 is 7.46. The summed E-state index contributed by atoms with van der Waals surface area (Å²) in [6.45, 7) is 0.319. The van der Waals surface area contributed by atoms with Crippen LogP contribution < -0.4 is 10.6 Å². The van der Waals surface area contributed by atoms with Crippen molar-refractivity contribution in [2.24, 2.45) is 0 Å². The number of thiophene rings is 1. The van der Waals surface area contributed by atoms with Crippen LogP contribution in [-0.2, 0) is 6.54 Å². The number of carbonyl (C=O) groups excluding carboxylic acids is 2. The number of halogens is 1. The molecule has 2 amide bonds. The van der Waals surface area contributed by atoms with Crippen LogP contribution in [0.2, 0.25) is 5.02 Å². The van der Waals surface area contributed by atoms with Gasteiger partial charge < -0.3 is 10.6 Å². The molecule has 0 bridgehead atoms. The SMILES string of the molecule is O=C(NCc1ccccn1)c1ccc(Cl)c(NC(=O)c2cccs2)c1. The van der Waals surface area contributed by atoms with Crippen LogP contribution in [0, 0.1) is 0 Å². The standard InChI is InChI=1S/C18H14ClN3O2S/c19-14-7-6-12(17(23)21-11-13-4-1-2-8-20-13)10-15(14)22-18(24)16-5-3-9-25-16/h1-10H,11H2,(H,21,23)(H,22,24). The Morgan fingerprint density at radius 1 is 1.08 bits per heavy atom. The molecule has 0 radical (unpaired) electrons. The molecule has 2 N–H and O–H groups in total. The maximum absolute atomic E-state index is 12.3. The smallest absolute Gasteiger partial charge is 0.265 e. The number of hydrogen-bond acceptors (Lipinski definition) is 4. The predicted molar refractivity (Wildman–Crippen MR) is 99.1 cm³/mol. The van der Waals surface area contributed by atoms with Crippen molar-refractivity contribution < 1.29 is 9.59 Å². The van der Waals surface area contributed by atoms with E-state index in [1.165, 1.54) is 11.3 Å². The molecule has 2 heterocycles. The highest BCUT2D eigenvalue weighted by Gasteiger charge is 2.13. The molecule has 0 fully saturated rings. The first-order valence-corrected chi connectivity index (χ1v) is 8.72. The summed E-state index contributed by atoms with van der Waals surface area (Å²) in [5.74, 6) is -0.531. The molecule has 0 unspecified atom stereocenters. The molecule has 2 aromatic heterocycles. The van der Waals surface area contributed by atoms with Gasteiger partial charge in [0, 0.05) is 11.8 Å². The zero-order valence-corrected chi connectivity index (χ0v) is 14.6. The molecule has 5 nitrogen and oxygen atoms in total. The third-order valence-corrected chi connectivity index (χ3v) is 4.58. The summed E-state index contributed by atoms with van der Waals surface area (Å²) in [5, 5.41) is 7.70. The van der Waals surface area contributed by atoms with Gasteiger partial charge in [0.25, 0.3) is 11.8 Å². The highest BCUT2D eigenvalue weighted by Crippen LogP contribution is 2.24. The van der Waals surface area contributed by atoms with Crippen molar-refractivity contribution in [3.8, 4) is 0 Å². The van der Waals surface area contributed by atoms with Crippen LogP contribution in [-0.4, -0.2) is 16.8 Å². The fourth-order valence-corrected chi connectivity index (χ4v) is 2.91. The van der Waals surface area contributed by atoms with Gasteiger partial charge in [-0.2, -0.15) is 0 Å². The molecule has 3 aromatic rings. The fourth-order valence-electron chi connectivity index (χ4n) is 2.13. The second-order valence-corrected chi connectivity index (χ2v) is 6.48. The Morgan fingerprint density at radius 2 is 1.96 bits per heavy atom. The summed E-state index contributed by atoms with van der Waals surface area (Å²) in [6, 6.07) is 13.8. The second-order valence-electron chi connectivity index (χ2n) is 5.13. The van der Waals surface area contributed by atoms with Crippen LogP contribution in [0.15, 0.2) is 60.1 Å². The molecule has 0 atom stereocenters. The predicted octanol–water partition coefficient (Wildman–Crippen LogP) is 3.98. The quantitative estimate of drug-likeness (QED) is 0.712. The summed E-state index contributed by atoms with van der Waals surface area (Å²) in [5.41, 5.74) is 1.56. The Balaban J connectivity index is 1.70. The van der Waals surface area contributed by atoms with Crippen molar-refractivity contribution in [1.82, 2.24) is 10.3 Å². The molecule has 25 heavy (non-hydrogen) atoms. The first-order chi connectivity index (χ1) is 12.1. The molecular weight excluding hydrogens is 358 g/mol. The summed E-state index contributed by atoms with van der Waals surface area (Å²) in [7, 11) is 0. The summed E-state index contributed by atoms with van der Waals surface area (Å²) in [6.07, 6.45) is 1.67. The third kappa shape index (κ3) is 4.43. The molecule has 0 saturated carbocycles. The lowest BCUT2D eigenvalue weighted by molar-refractivity contribution is 0.0949. The molecule has 3 rings (SSSR count). The van der Waals surface area contributed by atoms with Gasteiger partial charge in [0.2, 0.25) is 0 Å². The number of anilines is 1. The number of pyridine rings is 1. The van der Waals surface area contributed by atoms with Crippen molar-refractivity contribution in [2.75, 3.05) is 5.32 Å². The number of aromatic nitrogens is 1. The van der Waals surface area contributed by atoms with E-state index in [1.54, 1.807) is 36.5 Å². The van der Waals surface area contributed by atoms with Crippen molar-refractivity contribution >= 4 is 40.4 Å². The number of nitrogens with one attached hydrogen (secondary N) is 2. The molecular formula is C18H14ClN3O2S. The molecule has 0 saturated heterocycles. The summed E-state index contributed by atoms with van der Waals surface area (Å²) in [4.78, 5) is 29.2. The minimum absolute atomic E-state index is 0.261. The van der Waals surface area contributed by atoms with Crippen LogP contribution in [0.4, 0.5) is 5.69 Å². The van der Waals surface area contributed by atoms with Crippen molar-refractivity contribution in [1.29, 1.82) is 0 Å². The number of nitrogens with zero attached hydrogens (tertiary/aromatic N) is 1. The van der Waals surface area contributed by atoms with Gasteiger partial charge in [0.15, 0.2) is 0 Å². The van der Waals surface area contributed by atoms with Gasteiger partial charge in [-0.15, -0.1) is 11.3 Å². The van der Waals surface area contributed by atoms with Gasteiger partial charge >= 0.3 is 0 Å². The topological polar surface area (TPSA) is 71.1 Å². The Labute approximate surface area is 153 Å². The van der Waals surface area contributed by atoms with E-state index in [0.29, 0.717) is 27.7 Å². The molecule has 126 valence electrons. The lowest BCUT2D eigenvalue weighted by Gasteiger charge is -2.09. The molecule has 7 heteroatoms. The number of hydrogen-bond donors (Lipinski definition) is 2. The average molecular weight is 372 g/mol. The van der Waals surface area contributed by atoms with Crippen LogP contribution in [0.3, 0.4) is 0 Å². The molecule has 1 aromatic carbocycles. The van der Waals surface area contributed by atoms with Gasteiger partial charge in [-0.3, -0.25) is 14.6 Å². The number of carbonyl (C=O) groups is 2. The van der Waals surface area contributed by atoms with E-state index in [2.05, 4.69) is 15.6 Å². The largest absolute Gasteiger partial charge is 0.346 e. The highest BCUT2D eigenvalue weighted by molar-refractivity contribution is 7.12. The van der Waals surface area contributed by atoms with Gasteiger partial charge in [0.05, 0.1) is 27.8 Å². The Bertz CT molecular complexity index is 883. The Morgan fingerprint density at radius 3 is 2.68 bits per heavy atom. The summed E-state index contributed by atoms with van der Waals surface area (Å²) < 4.78 is 0. The fraction of sp³-hybridized carbons (Fsp3) is 0.0556. The van der Waals surface area contributed by atoms with Crippen LogP contribution in [0.1, 0.15) is 25.7 Å². The Kier molecular flexibility index (Phi) is 5.42. The average Bonchev–Trinajstić information content (AvgIpc) is 3.17. The normalized spacial score (nSPS) is 10.3. The van der Waals surface area contributed by atoms with Gasteiger partial charge in [0.1, 0.15) is 0 Å². The van der Waals surface area contributed by atoms with Crippen molar-refractivity contribution in [2.45, 2.75) is 6.54 Å². The van der Waals surface area contributed by atoms with Gasteiger partial charge in [-0.1, -0.05) is 23.7 Å². The van der Waals surface area contributed by atoms with Gasteiger partial charge in [-0.25, -0.2) is 0 Å². The van der Waals surface area contributed by atoms with E-state index in [9.17, 15) is 9.59 Å². The Hall–Kier alpha value is -2.70. The number of rotatable bonds is 5. The van der Waals surface area contributed by atoms with E-state index in [0.717, 1.165) is 5.69 Å². The first kappa shape index (κ1) is 17.1. The minimum Gasteiger partial charge on any atom is -0.346 e. The van der Waals surface area contributed by atoms with E-state index in [-0.39, 0.29) is 11.8 Å². The zero-order valence-electron chi connectivity index (χ0n) is 13.0. The number of benzene rings is 1. The molecule has 0 aliphatic rings. The molecule has 0 spiro atoms. The van der Waals surface area contributed by atoms with E-state index >= 15 is 0 Å². The van der Waals surface area contributed by atoms with Crippen LogP contribution >= 0.6 is 22.9 Å². The first-order valence-electron chi connectivity index (χ1n) is 7.46.